The van der Waals surface area contributed by atoms with Crippen LogP contribution in [0.1, 0.15) is 32.9 Å². The van der Waals surface area contributed by atoms with Crippen molar-refractivity contribution in [3.05, 3.63) is 64.7 Å². The Bertz CT molecular complexity index is 1240. The first-order valence-electron chi connectivity index (χ1n) is 10.0. The fraction of sp³-hybridized carbons (Fsp3) is 0.273. The normalized spacial score (nSPS) is 11.3. The number of aromatic nitrogens is 3. The van der Waals surface area contributed by atoms with E-state index in [2.05, 4.69) is 15.4 Å². The summed E-state index contributed by atoms with van der Waals surface area (Å²) in [6.07, 6.45) is -1.73. The SMILES string of the molecule is COc1ccc(C(=O)Nc2cnc(C)c(N(N)CC(=N)c3cnn(C)c3C)c2)cc1C(F)(F)F. The number of carbonyl (C=O) groups excluding carboxylic acids is 1. The Labute approximate surface area is 193 Å². The predicted octanol–water partition coefficient (Wildman–Crippen LogP) is 3.46. The first kappa shape index (κ1) is 24.7. The molecule has 34 heavy (non-hydrogen) atoms. The topological polar surface area (TPSA) is 122 Å². The molecule has 0 unspecified atom stereocenters. The highest BCUT2D eigenvalue weighted by atomic mass is 19.4. The Morgan fingerprint density at radius 2 is 1.97 bits per heavy atom. The standard InChI is InChI=1S/C22H24F3N7O2/c1-12-19(32(27)11-18(26)16-10-29-31(3)13(16)2)8-15(9-28-12)30-21(33)14-5-6-20(34-4)17(7-14)22(23,24)25/h5-10,26H,11,27H2,1-4H3,(H,30,33). The van der Waals surface area contributed by atoms with Gasteiger partial charge in [0.2, 0.25) is 0 Å². The largest absolute Gasteiger partial charge is 0.496 e. The molecule has 0 saturated heterocycles. The number of nitrogens with two attached hydrogens (primary N) is 1. The van der Waals surface area contributed by atoms with Crippen molar-refractivity contribution in [3.63, 3.8) is 0 Å². The highest BCUT2D eigenvalue weighted by Gasteiger charge is 2.35. The van der Waals surface area contributed by atoms with Crippen molar-refractivity contribution in [2.45, 2.75) is 20.0 Å². The number of ether oxygens (including phenoxy) is 1. The molecule has 180 valence electrons. The summed E-state index contributed by atoms with van der Waals surface area (Å²) < 4.78 is 46.2. The number of methoxy groups -OCH3 is 1. The van der Waals surface area contributed by atoms with Crippen molar-refractivity contribution < 1.29 is 22.7 Å². The van der Waals surface area contributed by atoms with E-state index in [0.29, 0.717) is 16.9 Å². The lowest BCUT2D eigenvalue weighted by Crippen LogP contribution is -2.37. The quantitative estimate of drug-likeness (QED) is 0.273. The van der Waals surface area contributed by atoms with E-state index in [9.17, 15) is 18.0 Å². The van der Waals surface area contributed by atoms with Gasteiger partial charge in [0.25, 0.3) is 5.91 Å². The summed E-state index contributed by atoms with van der Waals surface area (Å²) in [6, 6.07) is 4.59. The zero-order chi connectivity index (χ0) is 25.2. The molecular weight excluding hydrogens is 451 g/mol. The maximum atomic E-state index is 13.3. The van der Waals surface area contributed by atoms with E-state index in [1.165, 1.54) is 23.3 Å². The van der Waals surface area contributed by atoms with Gasteiger partial charge in [-0.15, -0.1) is 0 Å². The van der Waals surface area contributed by atoms with E-state index in [1.807, 2.05) is 6.92 Å². The van der Waals surface area contributed by atoms with E-state index in [0.717, 1.165) is 24.9 Å². The Morgan fingerprint density at radius 3 is 2.56 bits per heavy atom. The van der Waals surface area contributed by atoms with Gasteiger partial charge in [0.1, 0.15) is 5.75 Å². The van der Waals surface area contributed by atoms with Crippen LogP contribution in [0.4, 0.5) is 24.5 Å². The molecule has 0 aliphatic rings. The zero-order valence-corrected chi connectivity index (χ0v) is 19.0. The lowest BCUT2D eigenvalue weighted by molar-refractivity contribution is -0.138. The molecule has 0 aliphatic carbocycles. The van der Waals surface area contributed by atoms with Crippen LogP contribution >= 0.6 is 0 Å². The molecule has 2 heterocycles. The number of aryl methyl sites for hydroxylation is 2. The summed E-state index contributed by atoms with van der Waals surface area (Å²) in [4.78, 5) is 16.8. The number of amides is 1. The number of hydrazine groups is 1. The number of rotatable bonds is 7. The van der Waals surface area contributed by atoms with E-state index >= 15 is 0 Å². The van der Waals surface area contributed by atoms with Crippen LogP contribution in [0.15, 0.2) is 36.7 Å². The average molecular weight is 475 g/mol. The summed E-state index contributed by atoms with van der Waals surface area (Å²) in [5, 5.41) is 16.3. The Hall–Kier alpha value is -3.93. The molecule has 0 spiro atoms. The van der Waals surface area contributed by atoms with Gasteiger partial charge in [-0.1, -0.05) is 0 Å². The molecule has 0 atom stereocenters. The minimum Gasteiger partial charge on any atom is -0.496 e. The van der Waals surface area contributed by atoms with Crippen molar-refractivity contribution >= 4 is 23.0 Å². The minimum atomic E-state index is -4.68. The molecule has 2 aromatic heterocycles. The number of benzene rings is 1. The van der Waals surface area contributed by atoms with Crippen molar-refractivity contribution in [2.75, 3.05) is 24.0 Å². The van der Waals surface area contributed by atoms with Crippen LogP contribution in [0.2, 0.25) is 0 Å². The molecule has 1 amide bonds. The predicted molar refractivity (Wildman–Crippen MR) is 121 cm³/mol. The fourth-order valence-electron chi connectivity index (χ4n) is 3.29. The number of halogens is 3. The molecule has 0 fully saturated rings. The fourth-order valence-corrected chi connectivity index (χ4v) is 3.29. The van der Waals surface area contributed by atoms with Crippen molar-refractivity contribution in [1.29, 1.82) is 5.41 Å². The van der Waals surface area contributed by atoms with Gasteiger partial charge < -0.3 is 20.5 Å². The number of carbonyl (C=O) groups is 1. The second-order valence-corrected chi connectivity index (χ2v) is 7.57. The molecule has 3 rings (SSSR count). The lowest BCUT2D eigenvalue weighted by Gasteiger charge is -2.21. The zero-order valence-electron chi connectivity index (χ0n) is 19.0. The van der Waals surface area contributed by atoms with Crippen LogP contribution in [-0.4, -0.2) is 40.0 Å². The third kappa shape index (κ3) is 5.17. The van der Waals surface area contributed by atoms with Gasteiger partial charge in [0.15, 0.2) is 0 Å². The molecule has 9 nitrogen and oxygen atoms in total. The van der Waals surface area contributed by atoms with E-state index in [4.69, 9.17) is 16.0 Å². The molecule has 0 radical (unpaired) electrons. The van der Waals surface area contributed by atoms with Crippen LogP contribution in [0, 0.1) is 19.3 Å². The van der Waals surface area contributed by atoms with Gasteiger partial charge in [0, 0.05) is 23.9 Å². The van der Waals surface area contributed by atoms with Gasteiger partial charge in [-0.2, -0.15) is 18.3 Å². The highest BCUT2D eigenvalue weighted by molar-refractivity contribution is 6.05. The average Bonchev–Trinajstić information content (AvgIpc) is 3.12. The van der Waals surface area contributed by atoms with Gasteiger partial charge >= 0.3 is 6.18 Å². The third-order valence-electron chi connectivity index (χ3n) is 5.28. The number of nitrogens with zero attached hydrogens (tertiary/aromatic N) is 4. The van der Waals surface area contributed by atoms with Gasteiger partial charge in [-0.05, 0) is 38.1 Å². The van der Waals surface area contributed by atoms with Crippen molar-refractivity contribution in [2.24, 2.45) is 12.9 Å². The van der Waals surface area contributed by atoms with Crippen molar-refractivity contribution in [1.82, 2.24) is 14.8 Å². The summed E-state index contributed by atoms with van der Waals surface area (Å²) in [7, 11) is 2.89. The molecule has 12 heteroatoms. The van der Waals surface area contributed by atoms with Gasteiger partial charge in [0.05, 0.1) is 54.4 Å². The lowest BCUT2D eigenvalue weighted by atomic mass is 10.1. The van der Waals surface area contributed by atoms with Gasteiger partial charge in [-0.3, -0.25) is 14.5 Å². The molecule has 0 aliphatic heterocycles. The summed E-state index contributed by atoms with van der Waals surface area (Å²) in [5.74, 6) is 5.04. The molecule has 0 saturated carbocycles. The Morgan fingerprint density at radius 1 is 1.26 bits per heavy atom. The first-order valence-corrected chi connectivity index (χ1v) is 10.0. The van der Waals surface area contributed by atoms with Crippen LogP contribution < -0.4 is 20.9 Å². The molecule has 4 N–H and O–H groups in total. The van der Waals surface area contributed by atoms with Crippen molar-refractivity contribution in [3.8, 4) is 5.75 Å². The van der Waals surface area contributed by atoms with E-state index < -0.39 is 17.6 Å². The number of hydrogen-bond acceptors (Lipinski definition) is 7. The molecule has 0 bridgehead atoms. The van der Waals surface area contributed by atoms with Gasteiger partial charge in [-0.25, -0.2) is 5.84 Å². The van der Waals surface area contributed by atoms with Crippen LogP contribution in [0.5, 0.6) is 5.75 Å². The minimum absolute atomic E-state index is 0.0415. The molecule has 1 aromatic carbocycles. The first-order chi connectivity index (χ1) is 15.9. The van der Waals surface area contributed by atoms with E-state index in [-0.39, 0.29) is 29.3 Å². The number of nitrogens with one attached hydrogen (secondary N) is 2. The smallest absolute Gasteiger partial charge is 0.419 e. The van der Waals surface area contributed by atoms with Crippen LogP contribution in [-0.2, 0) is 13.2 Å². The van der Waals surface area contributed by atoms with E-state index in [1.54, 1.807) is 24.9 Å². The Kier molecular flexibility index (Phi) is 6.91. The molecule has 3 aromatic rings. The second kappa shape index (κ2) is 9.51. The number of alkyl halides is 3. The molecular formula is C22H24F3N7O2. The number of anilines is 2. The summed E-state index contributed by atoms with van der Waals surface area (Å²) >= 11 is 0. The number of hydrogen-bond donors (Lipinski definition) is 3. The highest BCUT2D eigenvalue weighted by Crippen LogP contribution is 2.36. The summed E-state index contributed by atoms with van der Waals surface area (Å²) in [6.45, 7) is 3.59. The van der Waals surface area contributed by atoms with Crippen LogP contribution in [0.25, 0.3) is 0 Å². The maximum Gasteiger partial charge on any atom is 0.419 e. The summed E-state index contributed by atoms with van der Waals surface area (Å²) in [5.41, 5.74) is 1.65. The maximum absolute atomic E-state index is 13.3. The third-order valence-corrected chi connectivity index (χ3v) is 5.28. The Balaban J connectivity index is 1.80. The number of pyridine rings is 1. The van der Waals surface area contributed by atoms with Crippen LogP contribution in [0.3, 0.4) is 0 Å². The monoisotopic (exact) mass is 475 g/mol. The second-order valence-electron chi connectivity index (χ2n) is 7.57.